The third kappa shape index (κ3) is 4.91. The van der Waals surface area contributed by atoms with Crippen LogP contribution in [0.1, 0.15) is 18.6 Å². The SMILES string of the molecule is C[C@H]1CN(c2ncc([C@H](O)CO)cc2F)CCN1C(=O)NNc1cc(F)ccc1S. The van der Waals surface area contributed by atoms with E-state index in [1.165, 1.54) is 24.4 Å². The highest BCUT2D eigenvalue weighted by molar-refractivity contribution is 7.80. The smallest absolute Gasteiger partial charge is 0.336 e. The summed E-state index contributed by atoms with van der Waals surface area (Å²) in [6.07, 6.45) is 0.130. The summed E-state index contributed by atoms with van der Waals surface area (Å²) in [5, 5.41) is 18.6. The highest BCUT2D eigenvalue weighted by Crippen LogP contribution is 2.24. The Kier molecular flexibility index (Phi) is 6.95. The van der Waals surface area contributed by atoms with Crippen LogP contribution in [0.2, 0.25) is 0 Å². The van der Waals surface area contributed by atoms with Gasteiger partial charge in [-0.15, -0.1) is 12.6 Å². The van der Waals surface area contributed by atoms with E-state index in [1.807, 2.05) is 6.92 Å². The van der Waals surface area contributed by atoms with Crippen molar-refractivity contribution in [1.29, 1.82) is 0 Å². The van der Waals surface area contributed by atoms with Crippen molar-refractivity contribution < 1.29 is 23.8 Å². The van der Waals surface area contributed by atoms with Crippen molar-refractivity contribution in [2.24, 2.45) is 0 Å². The number of carbonyl (C=O) groups excluding carboxylic acids is 1. The summed E-state index contributed by atoms with van der Waals surface area (Å²) >= 11 is 4.21. The van der Waals surface area contributed by atoms with Gasteiger partial charge in [-0.1, -0.05) is 0 Å². The van der Waals surface area contributed by atoms with Gasteiger partial charge in [0.2, 0.25) is 0 Å². The summed E-state index contributed by atoms with van der Waals surface area (Å²) in [5.41, 5.74) is 5.70. The fourth-order valence-electron chi connectivity index (χ4n) is 3.22. The summed E-state index contributed by atoms with van der Waals surface area (Å²) < 4.78 is 27.8. The van der Waals surface area contributed by atoms with E-state index >= 15 is 0 Å². The van der Waals surface area contributed by atoms with Crippen molar-refractivity contribution >= 4 is 30.2 Å². The molecule has 0 radical (unpaired) electrons. The number of nitrogens with one attached hydrogen (secondary N) is 2. The van der Waals surface area contributed by atoms with Crippen LogP contribution in [0.25, 0.3) is 0 Å². The van der Waals surface area contributed by atoms with Crippen LogP contribution in [0.15, 0.2) is 35.4 Å². The third-order valence-corrected chi connectivity index (χ3v) is 5.24. The maximum atomic E-state index is 14.5. The Morgan fingerprint density at radius 1 is 1.37 bits per heavy atom. The van der Waals surface area contributed by atoms with Gasteiger partial charge in [-0.2, -0.15) is 0 Å². The fraction of sp³-hybridized carbons (Fsp3) is 0.368. The van der Waals surface area contributed by atoms with E-state index in [-0.39, 0.29) is 17.4 Å². The lowest BCUT2D eigenvalue weighted by atomic mass is 10.1. The molecule has 30 heavy (non-hydrogen) atoms. The van der Waals surface area contributed by atoms with Gasteiger partial charge in [-0.05, 0) is 31.2 Å². The number of amides is 2. The molecule has 11 heteroatoms. The molecule has 0 bridgehead atoms. The molecule has 1 saturated heterocycles. The Morgan fingerprint density at radius 2 is 2.13 bits per heavy atom. The van der Waals surface area contributed by atoms with Gasteiger partial charge in [0.25, 0.3) is 0 Å². The molecule has 2 atom stereocenters. The van der Waals surface area contributed by atoms with Gasteiger partial charge in [-0.3, -0.25) is 10.9 Å². The van der Waals surface area contributed by atoms with Crippen LogP contribution in [0.4, 0.5) is 25.1 Å². The van der Waals surface area contributed by atoms with E-state index in [9.17, 15) is 18.7 Å². The highest BCUT2D eigenvalue weighted by Gasteiger charge is 2.29. The molecule has 1 aromatic carbocycles. The molecule has 2 amide bonds. The predicted molar refractivity (Wildman–Crippen MR) is 110 cm³/mol. The zero-order valence-electron chi connectivity index (χ0n) is 16.2. The lowest BCUT2D eigenvalue weighted by molar-refractivity contribution is 0.0951. The Bertz CT molecular complexity index is 920. The van der Waals surface area contributed by atoms with Crippen molar-refractivity contribution in [3.63, 3.8) is 0 Å². The van der Waals surface area contributed by atoms with Gasteiger partial charge in [0.1, 0.15) is 11.9 Å². The van der Waals surface area contributed by atoms with E-state index < -0.39 is 30.4 Å². The molecule has 1 fully saturated rings. The molecular formula is C19H23F2N5O3S. The third-order valence-electron chi connectivity index (χ3n) is 4.85. The molecule has 4 N–H and O–H groups in total. The summed E-state index contributed by atoms with van der Waals surface area (Å²) in [6.45, 7) is 2.30. The van der Waals surface area contributed by atoms with Crippen molar-refractivity contribution in [3.8, 4) is 0 Å². The fourth-order valence-corrected chi connectivity index (χ4v) is 3.41. The zero-order chi connectivity index (χ0) is 21.8. The van der Waals surface area contributed by atoms with Crippen LogP contribution in [0.3, 0.4) is 0 Å². The second-order valence-electron chi connectivity index (χ2n) is 6.98. The molecule has 0 unspecified atom stereocenters. The second-order valence-corrected chi connectivity index (χ2v) is 7.46. The van der Waals surface area contributed by atoms with Gasteiger partial charge >= 0.3 is 6.03 Å². The first-order valence-electron chi connectivity index (χ1n) is 9.30. The Balaban J connectivity index is 1.61. The maximum Gasteiger partial charge on any atom is 0.336 e. The molecule has 0 aliphatic carbocycles. The number of pyridine rings is 1. The molecule has 2 aromatic rings. The average Bonchev–Trinajstić information content (AvgIpc) is 2.73. The quantitative estimate of drug-likeness (QED) is 0.361. The molecule has 8 nitrogen and oxygen atoms in total. The Morgan fingerprint density at radius 3 is 2.80 bits per heavy atom. The van der Waals surface area contributed by atoms with Crippen molar-refractivity contribution in [2.45, 2.75) is 24.0 Å². The normalized spacial score (nSPS) is 17.6. The number of thiol groups is 1. The number of aliphatic hydroxyl groups is 2. The maximum absolute atomic E-state index is 14.5. The first-order chi connectivity index (χ1) is 14.3. The summed E-state index contributed by atoms with van der Waals surface area (Å²) in [5.74, 6) is -0.953. The molecule has 0 saturated carbocycles. The zero-order valence-corrected chi connectivity index (χ0v) is 17.1. The van der Waals surface area contributed by atoms with Crippen LogP contribution in [0.5, 0.6) is 0 Å². The number of carbonyl (C=O) groups is 1. The second kappa shape index (κ2) is 9.45. The number of hydrogen-bond donors (Lipinski definition) is 5. The number of hydrazine groups is 1. The van der Waals surface area contributed by atoms with Crippen LogP contribution < -0.4 is 15.8 Å². The summed E-state index contributed by atoms with van der Waals surface area (Å²) in [6, 6.07) is 4.43. The van der Waals surface area contributed by atoms with Crippen LogP contribution >= 0.6 is 12.6 Å². The molecule has 3 rings (SSSR count). The lowest BCUT2D eigenvalue weighted by Crippen LogP contribution is -2.57. The number of aliphatic hydroxyl groups excluding tert-OH is 2. The molecule has 1 aliphatic rings. The Hall–Kier alpha value is -2.63. The van der Waals surface area contributed by atoms with E-state index in [0.29, 0.717) is 30.2 Å². The number of rotatable bonds is 5. The number of anilines is 2. The van der Waals surface area contributed by atoms with Gasteiger partial charge in [0.15, 0.2) is 11.6 Å². The average molecular weight is 439 g/mol. The van der Waals surface area contributed by atoms with Gasteiger partial charge < -0.3 is 20.0 Å². The van der Waals surface area contributed by atoms with Crippen LogP contribution in [-0.2, 0) is 0 Å². The molecule has 0 spiro atoms. The first kappa shape index (κ1) is 22.1. The van der Waals surface area contributed by atoms with E-state index in [4.69, 9.17) is 5.11 Å². The topological polar surface area (TPSA) is 101 Å². The number of nitrogens with zero attached hydrogens (tertiary/aromatic N) is 3. The number of hydrogen-bond acceptors (Lipinski definition) is 7. The van der Waals surface area contributed by atoms with E-state index in [0.717, 1.165) is 6.07 Å². The van der Waals surface area contributed by atoms with Gasteiger partial charge in [0.05, 0.1) is 12.3 Å². The lowest BCUT2D eigenvalue weighted by Gasteiger charge is -2.40. The van der Waals surface area contributed by atoms with E-state index in [1.54, 1.807) is 9.80 Å². The van der Waals surface area contributed by atoms with Gasteiger partial charge in [-0.25, -0.2) is 18.6 Å². The molecular weight excluding hydrogens is 416 g/mol. The minimum absolute atomic E-state index is 0.119. The molecule has 1 aromatic heterocycles. The van der Waals surface area contributed by atoms with Crippen LogP contribution in [0, 0.1) is 11.6 Å². The number of aromatic nitrogens is 1. The minimum atomic E-state index is -1.19. The number of halogens is 2. The minimum Gasteiger partial charge on any atom is -0.393 e. The summed E-state index contributed by atoms with van der Waals surface area (Å²) in [4.78, 5) is 20.4. The summed E-state index contributed by atoms with van der Waals surface area (Å²) in [7, 11) is 0. The predicted octanol–water partition coefficient (Wildman–Crippen LogP) is 1.92. The number of benzene rings is 1. The monoisotopic (exact) mass is 439 g/mol. The van der Waals surface area contributed by atoms with Crippen molar-refractivity contribution in [3.05, 3.63) is 47.7 Å². The molecule has 2 heterocycles. The van der Waals surface area contributed by atoms with Crippen molar-refractivity contribution in [1.82, 2.24) is 15.3 Å². The number of piperazine rings is 1. The Labute approximate surface area is 177 Å². The standard InChI is InChI=1S/C19H23F2N5O3S/c1-11-9-25(18-14(21)6-12(8-22-18)16(28)10-27)4-5-26(11)19(29)24-23-15-7-13(20)2-3-17(15)30/h2-3,6-8,11,16,23,27-28,30H,4-5,9-10H2,1H3,(H,24,29)/t11-,16+/m0/s1. The highest BCUT2D eigenvalue weighted by atomic mass is 32.1. The van der Waals surface area contributed by atoms with Gasteiger partial charge in [0, 0.05) is 42.3 Å². The largest absolute Gasteiger partial charge is 0.393 e. The van der Waals surface area contributed by atoms with Crippen LogP contribution in [-0.4, -0.2) is 58.4 Å². The molecule has 1 aliphatic heterocycles. The van der Waals surface area contributed by atoms with E-state index in [2.05, 4.69) is 28.5 Å². The van der Waals surface area contributed by atoms with Crippen molar-refractivity contribution in [2.75, 3.05) is 36.6 Å². The molecule has 162 valence electrons. The first-order valence-corrected chi connectivity index (χ1v) is 9.75. The number of urea groups is 1.